The second-order valence-corrected chi connectivity index (χ2v) is 3.69. The zero-order valence-corrected chi connectivity index (χ0v) is 11.2. The van der Waals surface area contributed by atoms with Crippen molar-refractivity contribution in [3.05, 3.63) is 91.0 Å². The summed E-state index contributed by atoms with van der Waals surface area (Å²) in [6.07, 6.45) is 0. The Labute approximate surface area is 119 Å². The van der Waals surface area contributed by atoms with E-state index in [4.69, 9.17) is 0 Å². The molecular formula is C17H15Mn-. The third-order valence-electron chi connectivity index (χ3n) is 2.44. The van der Waals surface area contributed by atoms with Crippen LogP contribution < -0.4 is 0 Å². The molecule has 0 amide bonds. The van der Waals surface area contributed by atoms with Crippen LogP contribution in [0.5, 0.6) is 0 Å². The van der Waals surface area contributed by atoms with Crippen molar-refractivity contribution in [1.29, 1.82) is 0 Å². The fourth-order valence-corrected chi connectivity index (χ4v) is 1.58. The van der Waals surface area contributed by atoms with Crippen molar-refractivity contribution in [2.24, 2.45) is 0 Å². The summed E-state index contributed by atoms with van der Waals surface area (Å²) in [4.78, 5) is 0. The van der Waals surface area contributed by atoms with Gasteiger partial charge in [-0.25, -0.2) is 12.1 Å². The maximum Gasteiger partial charge on any atom is 0 e. The van der Waals surface area contributed by atoms with E-state index in [9.17, 15) is 0 Å². The molecular weight excluding hydrogens is 259 g/mol. The topological polar surface area (TPSA) is 0 Å². The van der Waals surface area contributed by atoms with Crippen LogP contribution in [-0.2, 0) is 17.1 Å². The van der Waals surface area contributed by atoms with Gasteiger partial charge in [0.25, 0.3) is 0 Å². The molecule has 91 valence electrons. The van der Waals surface area contributed by atoms with Gasteiger partial charge in [0.1, 0.15) is 0 Å². The summed E-state index contributed by atoms with van der Waals surface area (Å²) in [5.41, 5.74) is 2.55. The van der Waals surface area contributed by atoms with Gasteiger partial charge in [-0.2, -0.15) is 18.2 Å². The predicted molar refractivity (Wildman–Crippen MR) is 73.9 cm³/mol. The van der Waals surface area contributed by atoms with E-state index in [2.05, 4.69) is 48.5 Å². The molecule has 0 fully saturated rings. The normalized spacial score (nSPS) is 8.67. The Hall–Kier alpha value is -1.69. The monoisotopic (exact) mass is 274 g/mol. The second-order valence-electron chi connectivity index (χ2n) is 3.69. The molecule has 1 radical (unpaired) electrons. The third-order valence-corrected chi connectivity index (χ3v) is 2.44. The van der Waals surface area contributed by atoms with Gasteiger partial charge in [-0.3, -0.25) is 0 Å². The van der Waals surface area contributed by atoms with Gasteiger partial charge in [0.05, 0.1) is 0 Å². The first-order chi connectivity index (χ1) is 8.47. The summed E-state index contributed by atoms with van der Waals surface area (Å²) in [7, 11) is 0. The molecule has 0 atom stereocenters. The minimum Gasteiger partial charge on any atom is -0.214 e. The van der Waals surface area contributed by atoms with Crippen molar-refractivity contribution in [3.63, 3.8) is 0 Å². The van der Waals surface area contributed by atoms with Crippen molar-refractivity contribution in [2.75, 3.05) is 0 Å². The van der Waals surface area contributed by atoms with Gasteiger partial charge in [-0.15, -0.1) is 0 Å². The molecule has 18 heavy (non-hydrogen) atoms. The van der Waals surface area contributed by atoms with Gasteiger partial charge in [-0.05, 0) is 11.1 Å². The molecule has 0 aliphatic heterocycles. The molecule has 0 aromatic heterocycles. The molecule has 3 aromatic carbocycles. The van der Waals surface area contributed by atoms with E-state index in [0.29, 0.717) is 0 Å². The molecule has 0 heterocycles. The van der Waals surface area contributed by atoms with E-state index in [-0.39, 0.29) is 17.1 Å². The number of benzene rings is 2. The Morgan fingerprint density at radius 2 is 0.889 bits per heavy atom. The zero-order valence-electron chi connectivity index (χ0n) is 10.0. The van der Waals surface area contributed by atoms with Crippen molar-refractivity contribution in [3.8, 4) is 11.1 Å². The molecule has 0 N–H and O–H groups in total. The van der Waals surface area contributed by atoms with Crippen LogP contribution in [0.2, 0.25) is 0 Å². The summed E-state index contributed by atoms with van der Waals surface area (Å²) < 4.78 is 0. The largest absolute Gasteiger partial charge is 0.214 e. The summed E-state index contributed by atoms with van der Waals surface area (Å²) in [5, 5.41) is 0. The molecule has 3 aromatic rings. The Balaban J connectivity index is 0.000000230. The van der Waals surface area contributed by atoms with E-state index in [0.717, 1.165) is 0 Å². The maximum atomic E-state index is 2.12. The molecule has 1 heteroatoms. The van der Waals surface area contributed by atoms with Crippen LogP contribution in [0.25, 0.3) is 11.1 Å². The number of hydrogen-bond donors (Lipinski definition) is 0. The Kier molecular flexibility index (Phi) is 6.71. The van der Waals surface area contributed by atoms with Gasteiger partial charge in [0.15, 0.2) is 0 Å². The van der Waals surface area contributed by atoms with E-state index in [1.807, 2.05) is 42.5 Å². The summed E-state index contributed by atoms with van der Waals surface area (Å²) in [6.45, 7) is 0. The summed E-state index contributed by atoms with van der Waals surface area (Å²) >= 11 is 0. The van der Waals surface area contributed by atoms with Gasteiger partial charge in [0.2, 0.25) is 0 Å². The zero-order chi connectivity index (χ0) is 11.8. The molecule has 0 bridgehead atoms. The third kappa shape index (κ3) is 4.67. The minimum absolute atomic E-state index is 0. The van der Waals surface area contributed by atoms with Gasteiger partial charge >= 0.3 is 0 Å². The molecule has 0 aliphatic rings. The van der Waals surface area contributed by atoms with E-state index >= 15 is 0 Å². The van der Waals surface area contributed by atoms with Gasteiger partial charge in [0, 0.05) is 17.1 Å². The SMILES string of the molecule is [Mn].c1cc[cH-]c1.c1ccc(-c2ccccc2)cc1. The van der Waals surface area contributed by atoms with Crippen LogP contribution in [0, 0.1) is 0 Å². The minimum atomic E-state index is 0. The standard InChI is InChI=1S/C12H10.C5H5.Mn/c1-3-7-11(8-4-1)12-9-5-2-6-10-12;1-2-4-5-3-1;/h1-10H;1-5H;/q;-1;. The number of hydrogen-bond acceptors (Lipinski definition) is 0. The van der Waals surface area contributed by atoms with Crippen LogP contribution in [-0.4, -0.2) is 0 Å². The first-order valence-electron chi connectivity index (χ1n) is 5.74. The quantitative estimate of drug-likeness (QED) is 0.443. The van der Waals surface area contributed by atoms with Crippen LogP contribution in [0.15, 0.2) is 91.0 Å². The second kappa shape index (κ2) is 8.41. The Morgan fingerprint density at radius 1 is 0.500 bits per heavy atom. The van der Waals surface area contributed by atoms with Gasteiger partial charge in [-0.1, -0.05) is 60.7 Å². The van der Waals surface area contributed by atoms with Crippen molar-refractivity contribution < 1.29 is 17.1 Å². The van der Waals surface area contributed by atoms with Gasteiger partial charge < -0.3 is 0 Å². The van der Waals surface area contributed by atoms with Crippen molar-refractivity contribution in [1.82, 2.24) is 0 Å². The van der Waals surface area contributed by atoms with Crippen LogP contribution in [0.3, 0.4) is 0 Å². The fourth-order valence-electron chi connectivity index (χ4n) is 1.58. The van der Waals surface area contributed by atoms with Crippen LogP contribution in [0.4, 0.5) is 0 Å². The molecule has 3 rings (SSSR count). The van der Waals surface area contributed by atoms with Crippen LogP contribution in [0.1, 0.15) is 0 Å². The summed E-state index contributed by atoms with van der Waals surface area (Å²) in [5.74, 6) is 0. The molecule has 0 unspecified atom stereocenters. The van der Waals surface area contributed by atoms with Crippen LogP contribution >= 0.6 is 0 Å². The average Bonchev–Trinajstić information content (AvgIpc) is 3.00. The van der Waals surface area contributed by atoms with Crippen molar-refractivity contribution >= 4 is 0 Å². The molecule has 0 saturated heterocycles. The van der Waals surface area contributed by atoms with E-state index < -0.39 is 0 Å². The molecule has 0 spiro atoms. The maximum absolute atomic E-state index is 2.12. The predicted octanol–water partition coefficient (Wildman–Crippen LogP) is 4.76. The fraction of sp³-hybridized carbons (Fsp3) is 0. The molecule has 0 saturated carbocycles. The average molecular weight is 274 g/mol. The first-order valence-corrected chi connectivity index (χ1v) is 5.74. The smallest absolute Gasteiger partial charge is 0 e. The first kappa shape index (κ1) is 14.4. The van der Waals surface area contributed by atoms with Crippen molar-refractivity contribution in [2.45, 2.75) is 0 Å². The Bertz CT molecular complexity index is 443. The molecule has 0 aliphatic carbocycles. The Morgan fingerprint density at radius 3 is 1.17 bits per heavy atom. The summed E-state index contributed by atoms with van der Waals surface area (Å²) in [6, 6.07) is 30.8. The molecule has 0 nitrogen and oxygen atoms in total. The van der Waals surface area contributed by atoms with E-state index in [1.54, 1.807) is 0 Å². The number of rotatable bonds is 1. The van der Waals surface area contributed by atoms with E-state index in [1.165, 1.54) is 11.1 Å².